The number of ketones is 1. The lowest BCUT2D eigenvalue weighted by Crippen LogP contribution is -2.42. The molecule has 1 heterocycles. The van der Waals surface area contributed by atoms with E-state index in [9.17, 15) is 24.6 Å². The highest BCUT2D eigenvalue weighted by molar-refractivity contribution is 6.14. The van der Waals surface area contributed by atoms with Crippen molar-refractivity contribution in [2.75, 3.05) is 0 Å². The first-order valence-electron chi connectivity index (χ1n) is 9.57. The van der Waals surface area contributed by atoms with Crippen molar-refractivity contribution in [1.82, 2.24) is 0 Å². The van der Waals surface area contributed by atoms with E-state index in [1.54, 1.807) is 13.8 Å². The molecule has 4 rings (SSSR count). The van der Waals surface area contributed by atoms with E-state index in [1.165, 1.54) is 0 Å². The highest BCUT2D eigenvalue weighted by atomic mass is 16.4. The summed E-state index contributed by atoms with van der Waals surface area (Å²) in [6.45, 7) is 3.39. The fourth-order valence-electron chi connectivity index (χ4n) is 4.76. The smallest absolute Gasteiger partial charge is 0.314 e. The lowest BCUT2D eigenvalue weighted by Gasteiger charge is -2.37. The van der Waals surface area contributed by atoms with Crippen LogP contribution in [-0.4, -0.2) is 33.6 Å². The Bertz CT molecular complexity index is 1110. The second-order valence-electron chi connectivity index (χ2n) is 7.84. The van der Waals surface area contributed by atoms with Crippen LogP contribution in [-0.2, 0) is 14.4 Å². The van der Waals surface area contributed by atoms with Gasteiger partial charge in [0.1, 0.15) is 11.8 Å². The van der Waals surface area contributed by atoms with Gasteiger partial charge in [-0.1, -0.05) is 49.4 Å². The van der Waals surface area contributed by atoms with Gasteiger partial charge in [0.25, 0.3) is 0 Å². The summed E-state index contributed by atoms with van der Waals surface area (Å²) in [4.78, 5) is 41.8. The Labute approximate surface area is 167 Å². The van der Waals surface area contributed by atoms with Crippen molar-refractivity contribution >= 4 is 34.2 Å². The first-order valence-corrected chi connectivity index (χ1v) is 9.57. The van der Waals surface area contributed by atoms with Crippen LogP contribution in [0, 0.1) is 17.8 Å². The lowest BCUT2D eigenvalue weighted by molar-refractivity contribution is -0.147. The molecule has 2 aromatic rings. The predicted molar refractivity (Wildman–Crippen MR) is 108 cm³/mol. The van der Waals surface area contributed by atoms with E-state index in [0.717, 1.165) is 10.8 Å². The summed E-state index contributed by atoms with van der Waals surface area (Å²) < 4.78 is 0. The number of carbonyl (C=O) groups is 3. The SMILES string of the molecule is CC1=NC2=C(C(=O)C(C(=O)O)C(C)C2)C(c2cccc3ccccc23)C1C(=O)O. The zero-order valence-corrected chi connectivity index (χ0v) is 16.1. The van der Waals surface area contributed by atoms with Gasteiger partial charge in [-0.2, -0.15) is 0 Å². The summed E-state index contributed by atoms with van der Waals surface area (Å²) in [7, 11) is 0. The molecular weight excluding hydrogens is 370 g/mol. The molecule has 1 aliphatic heterocycles. The molecule has 0 aromatic heterocycles. The van der Waals surface area contributed by atoms with Gasteiger partial charge in [0.05, 0.1) is 0 Å². The number of hydrogen-bond acceptors (Lipinski definition) is 4. The van der Waals surface area contributed by atoms with E-state index in [0.29, 0.717) is 23.4 Å². The highest BCUT2D eigenvalue weighted by Crippen LogP contribution is 2.47. The Hall–Kier alpha value is -3.28. The van der Waals surface area contributed by atoms with E-state index in [2.05, 4.69) is 4.99 Å². The van der Waals surface area contributed by atoms with Gasteiger partial charge in [-0.25, -0.2) is 0 Å². The van der Waals surface area contributed by atoms with Crippen molar-refractivity contribution < 1.29 is 24.6 Å². The molecular formula is C23H21NO5. The minimum atomic E-state index is -1.19. The van der Waals surface area contributed by atoms with Gasteiger partial charge >= 0.3 is 11.9 Å². The average molecular weight is 391 g/mol. The molecule has 4 atom stereocenters. The van der Waals surface area contributed by atoms with Gasteiger partial charge in [0.2, 0.25) is 0 Å². The molecule has 0 spiro atoms. The third kappa shape index (κ3) is 2.95. The number of aliphatic carboxylic acids is 2. The molecule has 6 nitrogen and oxygen atoms in total. The summed E-state index contributed by atoms with van der Waals surface area (Å²) in [6, 6.07) is 13.2. The maximum absolute atomic E-state index is 13.3. The number of carbonyl (C=O) groups excluding carboxylic acids is 1. The number of rotatable bonds is 3. The molecule has 0 saturated carbocycles. The minimum absolute atomic E-state index is 0.241. The summed E-state index contributed by atoms with van der Waals surface area (Å²) >= 11 is 0. The van der Waals surface area contributed by atoms with Gasteiger partial charge in [0.15, 0.2) is 5.78 Å². The Balaban J connectivity index is 2.00. The lowest BCUT2D eigenvalue weighted by atomic mass is 9.66. The molecule has 148 valence electrons. The number of fused-ring (bicyclic) bond motifs is 1. The first kappa shape index (κ1) is 19.1. The molecule has 2 N–H and O–H groups in total. The summed E-state index contributed by atoms with van der Waals surface area (Å²) in [5, 5.41) is 21.4. The van der Waals surface area contributed by atoms with Crippen LogP contribution in [0.1, 0.15) is 31.7 Å². The average Bonchev–Trinajstić information content (AvgIpc) is 2.65. The van der Waals surface area contributed by atoms with Gasteiger partial charge in [-0.05, 0) is 35.6 Å². The fraction of sp³-hybridized carbons (Fsp3) is 0.304. The van der Waals surface area contributed by atoms with Crippen LogP contribution in [0.15, 0.2) is 58.7 Å². The Morgan fingerprint density at radius 1 is 1.00 bits per heavy atom. The number of nitrogens with zero attached hydrogens (tertiary/aromatic N) is 1. The zero-order chi connectivity index (χ0) is 20.9. The van der Waals surface area contributed by atoms with Gasteiger partial charge in [0, 0.05) is 22.9 Å². The predicted octanol–water partition coefficient (Wildman–Crippen LogP) is 3.66. The van der Waals surface area contributed by atoms with Crippen LogP contribution in [0.5, 0.6) is 0 Å². The number of carboxylic acids is 2. The van der Waals surface area contributed by atoms with Gasteiger partial charge in [-0.15, -0.1) is 0 Å². The highest BCUT2D eigenvalue weighted by Gasteiger charge is 2.48. The summed E-state index contributed by atoms with van der Waals surface area (Å²) in [5.41, 5.74) is 1.91. The van der Waals surface area contributed by atoms with Crippen molar-refractivity contribution in [3.63, 3.8) is 0 Å². The third-order valence-electron chi connectivity index (χ3n) is 6.04. The largest absolute Gasteiger partial charge is 0.481 e. The van der Waals surface area contributed by atoms with Gasteiger partial charge in [-0.3, -0.25) is 19.4 Å². The molecule has 0 radical (unpaired) electrons. The second kappa shape index (κ2) is 6.95. The molecule has 0 amide bonds. The number of aliphatic imine (C=N–C) groups is 1. The third-order valence-corrected chi connectivity index (χ3v) is 6.04. The minimum Gasteiger partial charge on any atom is -0.481 e. The Kier molecular flexibility index (Phi) is 4.57. The van der Waals surface area contributed by atoms with Crippen LogP contribution >= 0.6 is 0 Å². The molecule has 0 saturated heterocycles. The van der Waals surface area contributed by atoms with Gasteiger partial charge < -0.3 is 10.2 Å². The summed E-state index contributed by atoms with van der Waals surface area (Å²) in [6.07, 6.45) is 0.336. The van der Waals surface area contributed by atoms with E-state index < -0.39 is 41.4 Å². The summed E-state index contributed by atoms with van der Waals surface area (Å²) in [5.74, 6) is -6.15. The molecule has 29 heavy (non-hydrogen) atoms. The van der Waals surface area contributed by atoms with E-state index in [1.807, 2.05) is 42.5 Å². The number of Topliss-reactive ketones (excluding diaryl/α,β-unsaturated/α-hetero) is 1. The van der Waals surface area contributed by atoms with Crippen LogP contribution in [0.3, 0.4) is 0 Å². The zero-order valence-electron chi connectivity index (χ0n) is 16.1. The Morgan fingerprint density at radius 2 is 1.66 bits per heavy atom. The monoisotopic (exact) mass is 391 g/mol. The van der Waals surface area contributed by atoms with E-state index in [-0.39, 0.29) is 5.57 Å². The number of carboxylic acid groups (broad SMARTS) is 2. The van der Waals surface area contributed by atoms with Crippen molar-refractivity contribution in [1.29, 1.82) is 0 Å². The Morgan fingerprint density at radius 3 is 2.34 bits per heavy atom. The fourth-order valence-corrected chi connectivity index (χ4v) is 4.76. The van der Waals surface area contributed by atoms with Crippen molar-refractivity contribution in [3.05, 3.63) is 59.3 Å². The van der Waals surface area contributed by atoms with Crippen molar-refractivity contribution in [3.8, 4) is 0 Å². The second-order valence-corrected chi connectivity index (χ2v) is 7.84. The topological polar surface area (TPSA) is 104 Å². The van der Waals surface area contributed by atoms with E-state index >= 15 is 0 Å². The molecule has 6 heteroatoms. The van der Waals surface area contributed by atoms with Crippen LogP contribution in [0.2, 0.25) is 0 Å². The van der Waals surface area contributed by atoms with Crippen molar-refractivity contribution in [2.45, 2.75) is 26.2 Å². The number of hydrogen-bond donors (Lipinski definition) is 2. The van der Waals surface area contributed by atoms with Crippen LogP contribution in [0.25, 0.3) is 10.8 Å². The molecule has 2 aromatic carbocycles. The van der Waals surface area contributed by atoms with Crippen LogP contribution in [0.4, 0.5) is 0 Å². The number of allylic oxidation sites excluding steroid dienone is 2. The standard InChI is InChI=1S/C23H21NO5/c1-11-10-16-20(21(25)17(11)22(26)27)19(18(23(28)29)12(2)24-16)15-9-5-7-13-6-3-4-8-14(13)15/h3-9,11,17-19H,10H2,1-2H3,(H,26,27)(H,28,29). The first-order chi connectivity index (χ1) is 13.8. The maximum Gasteiger partial charge on any atom is 0.314 e. The maximum atomic E-state index is 13.3. The van der Waals surface area contributed by atoms with E-state index in [4.69, 9.17) is 0 Å². The van der Waals surface area contributed by atoms with Crippen LogP contribution < -0.4 is 0 Å². The normalized spacial score (nSPS) is 26.8. The molecule has 0 fully saturated rings. The molecule has 1 aliphatic carbocycles. The quantitative estimate of drug-likeness (QED) is 0.777. The molecule has 4 unspecified atom stereocenters. The van der Waals surface area contributed by atoms with Crippen molar-refractivity contribution in [2.24, 2.45) is 22.7 Å². The number of benzene rings is 2. The molecule has 2 aliphatic rings. The molecule has 0 bridgehead atoms.